The number of hydrogen-bond donors (Lipinski definition) is 0. The Hall–Kier alpha value is -0.610. The molecule has 0 aromatic rings. The number of ether oxygens (including phenoxy) is 2. The fourth-order valence-corrected chi connectivity index (χ4v) is 2.75. The van der Waals surface area contributed by atoms with Crippen molar-refractivity contribution in [3.63, 3.8) is 0 Å². The lowest BCUT2D eigenvalue weighted by molar-refractivity contribution is -0.150. The van der Waals surface area contributed by atoms with Gasteiger partial charge >= 0.3 is 5.97 Å². The van der Waals surface area contributed by atoms with E-state index in [4.69, 9.17) is 9.47 Å². The summed E-state index contributed by atoms with van der Waals surface area (Å²) in [6.07, 6.45) is 4.80. The van der Waals surface area contributed by atoms with Gasteiger partial charge in [-0.3, -0.25) is 9.69 Å². The third-order valence-electron chi connectivity index (χ3n) is 3.61. The van der Waals surface area contributed by atoms with Crippen LogP contribution in [0.3, 0.4) is 0 Å². The Kier molecular flexibility index (Phi) is 4.80. The SMILES string of the molecule is CCOC(=O)[C@H]1CCCN(CC2CCCO2)C1. The Labute approximate surface area is 103 Å². The van der Waals surface area contributed by atoms with Gasteiger partial charge in [0.05, 0.1) is 18.6 Å². The molecule has 4 nitrogen and oxygen atoms in total. The van der Waals surface area contributed by atoms with Crippen LogP contribution in [-0.4, -0.2) is 49.8 Å². The highest BCUT2D eigenvalue weighted by molar-refractivity contribution is 5.72. The molecule has 2 aliphatic heterocycles. The van der Waals surface area contributed by atoms with Crippen molar-refractivity contribution in [3.8, 4) is 0 Å². The van der Waals surface area contributed by atoms with Crippen molar-refractivity contribution in [2.24, 2.45) is 5.92 Å². The first-order valence-corrected chi connectivity index (χ1v) is 6.80. The molecular formula is C13H23NO3. The highest BCUT2D eigenvalue weighted by atomic mass is 16.5. The van der Waals surface area contributed by atoms with Crippen LogP contribution in [0.4, 0.5) is 0 Å². The summed E-state index contributed by atoms with van der Waals surface area (Å²) in [4.78, 5) is 14.1. The van der Waals surface area contributed by atoms with E-state index in [1.54, 1.807) is 0 Å². The number of piperidine rings is 1. The summed E-state index contributed by atoms with van der Waals surface area (Å²) in [6.45, 7) is 6.18. The molecule has 0 aliphatic carbocycles. The molecule has 17 heavy (non-hydrogen) atoms. The summed E-state index contributed by atoms with van der Waals surface area (Å²) in [5.41, 5.74) is 0. The van der Waals surface area contributed by atoms with Gasteiger partial charge in [-0.25, -0.2) is 0 Å². The Bertz CT molecular complexity index is 251. The smallest absolute Gasteiger partial charge is 0.310 e. The number of carbonyl (C=O) groups excluding carboxylic acids is 1. The zero-order chi connectivity index (χ0) is 12.1. The molecule has 4 heteroatoms. The fourth-order valence-electron chi connectivity index (χ4n) is 2.75. The van der Waals surface area contributed by atoms with E-state index in [2.05, 4.69) is 4.90 Å². The topological polar surface area (TPSA) is 38.8 Å². The van der Waals surface area contributed by atoms with Crippen LogP contribution in [0.15, 0.2) is 0 Å². The number of likely N-dealkylation sites (tertiary alicyclic amines) is 1. The predicted octanol–water partition coefficient (Wildman–Crippen LogP) is 1.44. The molecule has 1 unspecified atom stereocenters. The van der Waals surface area contributed by atoms with Gasteiger partial charge in [0.2, 0.25) is 0 Å². The van der Waals surface area contributed by atoms with E-state index < -0.39 is 0 Å². The standard InChI is InChI=1S/C13H23NO3/c1-2-16-13(15)11-5-3-7-14(9-11)10-12-6-4-8-17-12/h11-12H,2-10H2,1H3/t11-,12?/m0/s1. The maximum absolute atomic E-state index is 11.7. The first-order valence-electron chi connectivity index (χ1n) is 6.80. The van der Waals surface area contributed by atoms with Crippen molar-refractivity contribution in [3.05, 3.63) is 0 Å². The van der Waals surface area contributed by atoms with Gasteiger partial charge in [0, 0.05) is 19.7 Å². The molecular weight excluding hydrogens is 218 g/mol. The Balaban J connectivity index is 1.77. The zero-order valence-electron chi connectivity index (χ0n) is 10.7. The molecule has 0 bridgehead atoms. The lowest BCUT2D eigenvalue weighted by atomic mass is 9.98. The second kappa shape index (κ2) is 6.36. The van der Waals surface area contributed by atoms with E-state index in [1.165, 1.54) is 12.8 Å². The normalized spacial score (nSPS) is 30.4. The maximum atomic E-state index is 11.7. The van der Waals surface area contributed by atoms with Crippen LogP contribution in [0.1, 0.15) is 32.6 Å². The van der Waals surface area contributed by atoms with Gasteiger partial charge in [-0.1, -0.05) is 0 Å². The van der Waals surface area contributed by atoms with Crippen molar-refractivity contribution in [1.82, 2.24) is 4.90 Å². The third-order valence-corrected chi connectivity index (χ3v) is 3.61. The van der Waals surface area contributed by atoms with Crippen LogP contribution in [-0.2, 0) is 14.3 Å². The lowest BCUT2D eigenvalue weighted by Crippen LogP contribution is -2.42. The van der Waals surface area contributed by atoms with E-state index >= 15 is 0 Å². The first kappa shape index (κ1) is 12.8. The average molecular weight is 241 g/mol. The minimum absolute atomic E-state index is 0.0236. The van der Waals surface area contributed by atoms with Crippen LogP contribution in [0.2, 0.25) is 0 Å². The molecule has 2 aliphatic rings. The van der Waals surface area contributed by atoms with Crippen molar-refractivity contribution in [2.45, 2.75) is 38.7 Å². The molecule has 2 rings (SSSR count). The van der Waals surface area contributed by atoms with Crippen LogP contribution in [0.5, 0.6) is 0 Å². The second-order valence-corrected chi connectivity index (χ2v) is 4.99. The van der Waals surface area contributed by atoms with Gasteiger partial charge in [-0.2, -0.15) is 0 Å². The predicted molar refractivity (Wildman–Crippen MR) is 64.8 cm³/mol. The molecule has 0 aromatic heterocycles. The molecule has 2 atom stereocenters. The van der Waals surface area contributed by atoms with Crippen LogP contribution in [0.25, 0.3) is 0 Å². The maximum Gasteiger partial charge on any atom is 0.310 e. The van der Waals surface area contributed by atoms with Crippen molar-refractivity contribution >= 4 is 5.97 Å². The van der Waals surface area contributed by atoms with Crippen LogP contribution >= 0.6 is 0 Å². The van der Waals surface area contributed by atoms with Crippen molar-refractivity contribution in [1.29, 1.82) is 0 Å². The minimum atomic E-state index is -0.0236. The summed E-state index contributed by atoms with van der Waals surface area (Å²) in [6, 6.07) is 0. The lowest BCUT2D eigenvalue weighted by Gasteiger charge is -2.32. The Morgan fingerprint density at radius 3 is 3.00 bits per heavy atom. The highest BCUT2D eigenvalue weighted by Gasteiger charge is 2.28. The summed E-state index contributed by atoms with van der Waals surface area (Å²) >= 11 is 0. The van der Waals surface area contributed by atoms with E-state index in [-0.39, 0.29) is 11.9 Å². The molecule has 2 heterocycles. The third kappa shape index (κ3) is 3.68. The monoisotopic (exact) mass is 241 g/mol. The summed E-state index contributed by atoms with van der Waals surface area (Å²) < 4.78 is 10.7. The van der Waals surface area contributed by atoms with Crippen LogP contribution in [0, 0.1) is 5.92 Å². The number of esters is 1. The first-order chi connectivity index (χ1) is 8.29. The number of nitrogens with zero attached hydrogens (tertiary/aromatic N) is 1. The van der Waals surface area contributed by atoms with Gasteiger partial charge in [-0.05, 0) is 39.2 Å². The number of rotatable bonds is 4. The number of hydrogen-bond acceptors (Lipinski definition) is 4. The van der Waals surface area contributed by atoms with Crippen molar-refractivity contribution < 1.29 is 14.3 Å². The molecule has 2 fully saturated rings. The largest absolute Gasteiger partial charge is 0.466 e. The van der Waals surface area contributed by atoms with Crippen molar-refractivity contribution in [2.75, 3.05) is 32.8 Å². The van der Waals surface area contributed by atoms with Gasteiger partial charge in [-0.15, -0.1) is 0 Å². The Morgan fingerprint density at radius 1 is 1.41 bits per heavy atom. The average Bonchev–Trinajstić information content (AvgIpc) is 2.82. The van der Waals surface area contributed by atoms with Crippen LogP contribution < -0.4 is 0 Å². The summed E-state index contributed by atoms with van der Waals surface area (Å²) in [7, 11) is 0. The van der Waals surface area contributed by atoms with E-state index in [0.717, 1.165) is 39.1 Å². The van der Waals surface area contributed by atoms with Gasteiger partial charge in [0.25, 0.3) is 0 Å². The van der Waals surface area contributed by atoms with E-state index in [9.17, 15) is 4.79 Å². The molecule has 0 N–H and O–H groups in total. The summed E-state index contributed by atoms with van der Waals surface area (Å²) in [5.74, 6) is 0.0506. The highest BCUT2D eigenvalue weighted by Crippen LogP contribution is 2.20. The quantitative estimate of drug-likeness (QED) is 0.698. The minimum Gasteiger partial charge on any atom is -0.466 e. The zero-order valence-corrected chi connectivity index (χ0v) is 10.7. The number of carbonyl (C=O) groups is 1. The fraction of sp³-hybridized carbons (Fsp3) is 0.923. The summed E-state index contributed by atoms with van der Waals surface area (Å²) in [5, 5.41) is 0. The molecule has 0 saturated carbocycles. The molecule has 2 saturated heterocycles. The Morgan fingerprint density at radius 2 is 2.29 bits per heavy atom. The van der Waals surface area contributed by atoms with Gasteiger partial charge < -0.3 is 9.47 Å². The molecule has 0 radical (unpaired) electrons. The molecule has 0 aromatic carbocycles. The van der Waals surface area contributed by atoms with Gasteiger partial charge in [0.15, 0.2) is 0 Å². The van der Waals surface area contributed by atoms with Gasteiger partial charge in [0.1, 0.15) is 0 Å². The molecule has 0 spiro atoms. The molecule has 0 amide bonds. The second-order valence-electron chi connectivity index (χ2n) is 4.99. The van der Waals surface area contributed by atoms with E-state index in [1.807, 2.05) is 6.92 Å². The van der Waals surface area contributed by atoms with E-state index in [0.29, 0.717) is 12.7 Å². The molecule has 98 valence electrons.